The van der Waals surface area contributed by atoms with Crippen molar-refractivity contribution in [1.29, 1.82) is 0 Å². The van der Waals surface area contributed by atoms with Gasteiger partial charge in [-0.15, -0.1) is 22.7 Å². The Hall–Kier alpha value is -3.95. The van der Waals surface area contributed by atoms with E-state index >= 15 is 0 Å². The highest BCUT2D eigenvalue weighted by molar-refractivity contribution is 9.10. The van der Waals surface area contributed by atoms with Gasteiger partial charge in [0.1, 0.15) is 44.1 Å². The smallest absolute Gasteiger partial charge is 0.188 e. The molecule has 18 heteroatoms. The maximum atomic E-state index is 11.4. The second kappa shape index (κ2) is 20.4. The van der Waals surface area contributed by atoms with E-state index in [2.05, 4.69) is 36.1 Å². The van der Waals surface area contributed by atoms with Gasteiger partial charge in [0, 0.05) is 43.3 Å². The van der Waals surface area contributed by atoms with Gasteiger partial charge in [0.05, 0.1) is 67.8 Å². The summed E-state index contributed by atoms with van der Waals surface area (Å²) in [5, 5.41) is 35.1. The predicted molar refractivity (Wildman–Crippen MR) is 283 cm³/mol. The van der Waals surface area contributed by atoms with Crippen LogP contribution in [-0.2, 0) is 33.9 Å². The van der Waals surface area contributed by atoms with Crippen molar-refractivity contribution in [3.05, 3.63) is 141 Å². The molecule has 4 heterocycles. The van der Waals surface area contributed by atoms with Crippen molar-refractivity contribution in [2.45, 2.75) is 126 Å². The lowest BCUT2D eigenvalue weighted by Crippen LogP contribution is -2.34. The maximum absolute atomic E-state index is 11.4. The van der Waals surface area contributed by atoms with E-state index in [1.54, 1.807) is 29.5 Å². The number of hydrogen-bond donors (Lipinski definition) is 2. The average molecular weight is 1130 g/mol. The van der Waals surface area contributed by atoms with Crippen LogP contribution in [0.2, 0.25) is 20.1 Å². The molecule has 12 rings (SSSR count). The normalized spacial score (nSPS) is 22.4. The van der Waals surface area contributed by atoms with Crippen LogP contribution >= 0.6 is 85.0 Å². The third kappa shape index (κ3) is 10.3. The van der Waals surface area contributed by atoms with Gasteiger partial charge in [-0.05, 0) is 132 Å². The number of aliphatic hydroxyl groups is 2. The zero-order chi connectivity index (χ0) is 49.0. The first-order chi connectivity index (χ1) is 34.4. The van der Waals surface area contributed by atoms with Crippen LogP contribution < -0.4 is 0 Å². The van der Waals surface area contributed by atoms with Crippen LogP contribution in [0.3, 0.4) is 0 Å². The van der Waals surface area contributed by atoms with Gasteiger partial charge in [0.25, 0.3) is 0 Å². The van der Waals surface area contributed by atoms with Crippen molar-refractivity contribution in [2.24, 2.45) is 0 Å². The largest absolute Gasteiger partial charge is 0.383 e. The summed E-state index contributed by atoms with van der Waals surface area (Å²) in [6, 6.07) is 22.3. The lowest BCUT2D eigenvalue weighted by molar-refractivity contribution is -0.0641. The number of rotatable bonds is 12. The van der Waals surface area contributed by atoms with Crippen molar-refractivity contribution in [3.63, 3.8) is 0 Å². The van der Waals surface area contributed by atoms with Gasteiger partial charge in [-0.2, -0.15) is 0 Å². The molecule has 4 saturated carbocycles. The van der Waals surface area contributed by atoms with Gasteiger partial charge in [0.2, 0.25) is 0 Å². The van der Waals surface area contributed by atoms with Gasteiger partial charge in [-0.1, -0.05) is 90.8 Å². The number of halogens is 5. The van der Waals surface area contributed by atoms with E-state index in [0.717, 1.165) is 91.1 Å². The molecule has 4 aromatic carbocycles. The van der Waals surface area contributed by atoms with Gasteiger partial charge >= 0.3 is 0 Å². The minimum atomic E-state index is -0.978. The summed E-state index contributed by atoms with van der Waals surface area (Å²) in [6.45, 7) is 7.96. The summed E-state index contributed by atoms with van der Waals surface area (Å²) >= 11 is 32.4. The van der Waals surface area contributed by atoms with E-state index in [-0.39, 0.29) is 12.2 Å². The van der Waals surface area contributed by atoms with E-state index in [1.807, 2.05) is 54.6 Å². The monoisotopic (exact) mass is 1130 g/mol. The minimum absolute atomic E-state index is 0.00453. The molecule has 71 heavy (non-hydrogen) atoms. The quantitative estimate of drug-likeness (QED) is 0.114. The molecule has 0 aliphatic heterocycles. The molecule has 4 aromatic heterocycles. The summed E-state index contributed by atoms with van der Waals surface area (Å²) in [7, 11) is 0. The Morgan fingerprint density at radius 3 is 1.46 bits per heavy atom. The number of fused-ring (bicyclic) bond motifs is 2. The Morgan fingerprint density at radius 1 is 0.620 bits per heavy atom. The molecule has 8 aromatic rings. The molecule has 0 saturated heterocycles. The first-order valence-corrected chi connectivity index (χ1v) is 27.7. The van der Waals surface area contributed by atoms with Gasteiger partial charge in [-0.3, -0.25) is 0 Å². The van der Waals surface area contributed by atoms with Crippen LogP contribution in [0, 0.1) is 6.57 Å². The van der Waals surface area contributed by atoms with Gasteiger partial charge in [-0.25, -0.2) is 14.8 Å². The molecule has 0 unspecified atom stereocenters. The third-order valence-electron chi connectivity index (χ3n) is 14.0. The van der Waals surface area contributed by atoms with E-state index in [9.17, 15) is 10.2 Å². The van der Waals surface area contributed by atoms with Crippen LogP contribution in [-0.4, -0.2) is 42.7 Å². The molecule has 0 radical (unpaired) electrons. The van der Waals surface area contributed by atoms with Crippen LogP contribution in [0.5, 0.6) is 0 Å². The predicted octanol–water partition coefficient (Wildman–Crippen LogP) is 16.3. The number of ether oxygens (including phenoxy) is 2. The van der Waals surface area contributed by atoms with Gasteiger partial charge < -0.3 is 28.7 Å². The molecule has 4 aliphatic carbocycles. The van der Waals surface area contributed by atoms with Crippen LogP contribution in [0.25, 0.3) is 47.8 Å². The van der Waals surface area contributed by atoms with Crippen LogP contribution in [0.15, 0.2) is 86.3 Å². The first-order valence-electron chi connectivity index (χ1n) is 23.7. The number of benzene rings is 4. The zero-order valence-electron chi connectivity index (χ0n) is 38.1. The van der Waals surface area contributed by atoms with Crippen molar-refractivity contribution in [3.8, 4) is 22.5 Å². The van der Waals surface area contributed by atoms with Gasteiger partial charge in [0.15, 0.2) is 5.69 Å². The molecule has 0 amide bonds. The Balaban J connectivity index is 0.000000154. The van der Waals surface area contributed by atoms with Crippen molar-refractivity contribution in [2.75, 3.05) is 0 Å². The molecule has 4 aliphatic rings. The highest BCUT2D eigenvalue weighted by Gasteiger charge is 2.41. The number of thiazole rings is 2. The third-order valence-corrected chi connectivity index (χ3v) is 18.2. The summed E-state index contributed by atoms with van der Waals surface area (Å²) in [6.07, 6.45) is 9.66. The lowest BCUT2D eigenvalue weighted by atomic mass is 9.83. The van der Waals surface area contributed by atoms with E-state index in [0.29, 0.717) is 117 Å². The highest BCUT2D eigenvalue weighted by Crippen LogP contribution is 2.49. The van der Waals surface area contributed by atoms with E-state index < -0.39 is 11.2 Å². The van der Waals surface area contributed by atoms with E-state index in [1.165, 1.54) is 11.3 Å². The second-order valence-electron chi connectivity index (χ2n) is 19.0. The Labute approximate surface area is 446 Å². The fourth-order valence-corrected chi connectivity index (χ4v) is 13.6. The summed E-state index contributed by atoms with van der Waals surface area (Å²) in [5.41, 5.74) is 4.94. The topological polar surface area (TPSA) is 141 Å². The molecule has 0 bridgehead atoms. The Bertz CT molecular complexity index is 3270. The zero-order valence-corrected chi connectivity index (χ0v) is 44.3. The molecule has 4 fully saturated rings. The fraction of sp³-hybridized carbons (Fsp3) is 0.377. The average Bonchev–Trinajstić information content (AvgIpc) is 4.20. The van der Waals surface area contributed by atoms with Crippen molar-refractivity contribution < 1.29 is 28.7 Å². The number of aromatic nitrogens is 4. The summed E-state index contributed by atoms with van der Waals surface area (Å²) < 4.78 is 27.2. The fourth-order valence-electron chi connectivity index (χ4n) is 9.68. The molecule has 366 valence electrons. The highest BCUT2D eigenvalue weighted by atomic mass is 79.9. The molecule has 0 spiro atoms. The SMILES string of the molecule is OC1(c2nc3ccc(Br)cc3s2)CCC(OCc2c(-c3c(Cl)cccc3Cl)noc2C2CC2)CC1.[C-]#[N+]c1ccc2nc(C3(O)CCC(OCc4c(-c5c(Cl)cccc5Cl)noc4C4CC4)CC3)sc2c1. The molecule has 11 nitrogen and oxygen atoms in total. The number of hydrogen-bond acceptors (Lipinski definition) is 12. The minimum Gasteiger partial charge on any atom is -0.383 e. The summed E-state index contributed by atoms with van der Waals surface area (Å²) in [4.78, 5) is 12.9. The van der Waals surface area contributed by atoms with Crippen molar-refractivity contribution >= 4 is 111 Å². The molecule has 0 atom stereocenters. The van der Waals surface area contributed by atoms with Crippen molar-refractivity contribution in [1.82, 2.24) is 20.3 Å². The first kappa shape index (κ1) is 49.3. The number of nitrogens with zero attached hydrogens (tertiary/aromatic N) is 5. The second-order valence-corrected chi connectivity index (χ2v) is 23.6. The Kier molecular flexibility index (Phi) is 14.2. The molecular formula is C53H46BrCl4N5O6S2. The summed E-state index contributed by atoms with van der Waals surface area (Å²) in [5.74, 6) is 2.49. The Morgan fingerprint density at radius 2 is 1.04 bits per heavy atom. The maximum Gasteiger partial charge on any atom is 0.188 e. The van der Waals surface area contributed by atoms with Crippen LogP contribution in [0.1, 0.15) is 122 Å². The standard InChI is InChI=1S/C27H23Cl2N3O3S.C26H23BrCl2N2O3S/c1-30-16-7-8-21-22(13-16)36-26(31-21)27(33)11-9-17(10-12-27)34-14-18-24(32-35-25(18)15-5-6-15)23-19(28)3-2-4-20(23)29;27-15-6-7-20-21(12-15)35-25(30-20)26(32)10-8-16(9-11-26)33-13-17-23(31-34-24(17)14-4-5-14)22-18(28)2-1-3-19(22)29/h2-4,7-8,13,15,17,33H,5-6,9-12,14H2;1-3,6-7,12,14,16,32H,4-5,8-11,13H2. The van der Waals surface area contributed by atoms with E-state index in [4.69, 9.17) is 76.5 Å². The lowest BCUT2D eigenvalue weighted by Gasteiger charge is -2.34. The molecule has 2 N–H and O–H groups in total. The van der Waals surface area contributed by atoms with Crippen LogP contribution in [0.4, 0.5) is 5.69 Å². The molecular weight excluding hydrogens is 1090 g/mol.